The Labute approximate surface area is 225 Å². The van der Waals surface area contributed by atoms with Crippen LogP contribution in [0.25, 0.3) is 0 Å². The Morgan fingerprint density at radius 3 is 2.62 bits per heavy atom. The van der Waals surface area contributed by atoms with Crippen molar-refractivity contribution in [1.29, 1.82) is 0 Å². The lowest BCUT2D eigenvalue weighted by atomic mass is 9.43. The van der Waals surface area contributed by atoms with E-state index < -0.39 is 5.79 Å². The Hall–Kier alpha value is -1.22. The van der Waals surface area contributed by atoms with Gasteiger partial charge < -0.3 is 23.5 Å². The third kappa shape index (κ3) is 3.75. The fourth-order valence-corrected chi connectivity index (χ4v) is 9.23. The maximum Gasteiger partial charge on any atom is 0.461 e. The van der Waals surface area contributed by atoms with Crippen molar-refractivity contribution in [2.75, 3.05) is 6.61 Å². The summed E-state index contributed by atoms with van der Waals surface area (Å²) < 4.78 is 31.4. The van der Waals surface area contributed by atoms with Gasteiger partial charge in [-0.2, -0.15) is 0 Å². The minimum atomic E-state index is -0.998. The van der Waals surface area contributed by atoms with Gasteiger partial charge in [0.25, 0.3) is 0 Å². The van der Waals surface area contributed by atoms with Gasteiger partial charge in [-0.05, 0) is 73.8 Å². The first kappa shape index (κ1) is 24.8. The van der Waals surface area contributed by atoms with Crippen molar-refractivity contribution in [3.63, 3.8) is 0 Å². The first-order valence-electron chi connectivity index (χ1n) is 14.2. The van der Waals surface area contributed by atoms with E-state index >= 15 is 0 Å². The van der Waals surface area contributed by atoms with Crippen LogP contribution in [0, 0.1) is 17.3 Å². The smallest absolute Gasteiger partial charge is 0.452 e. The minimum Gasteiger partial charge on any atom is -0.452 e. The Bertz CT molecular complexity index is 1130. The molecule has 2 saturated heterocycles. The lowest BCUT2D eigenvalue weighted by Crippen LogP contribution is -2.65. The summed E-state index contributed by atoms with van der Waals surface area (Å²) in [7, 11) is -0.192. The number of ether oxygens (including phenoxy) is 3. The summed E-state index contributed by atoms with van der Waals surface area (Å²) in [5.74, 6) is 1.21. The second-order valence-corrected chi connectivity index (χ2v) is 14.9. The Morgan fingerprint density at radius 1 is 1.08 bits per heavy atom. The molecule has 0 N–H and O–H groups in total. The number of thioether (sulfide) groups is 1. The molecule has 8 rings (SSSR count). The van der Waals surface area contributed by atoms with Crippen LogP contribution in [-0.2, 0) is 18.8 Å². The molecule has 4 saturated carbocycles. The van der Waals surface area contributed by atoms with E-state index in [0.29, 0.717) is 22.6 Å². The summed E-state index contributed by atoms with van der Waals surface area (Å²) in [6.45, 7) is 13.7. The highest BCUT2D eigenvalue weighted by atomic mass is 32.2. The number of benzene rings is 1. The van der Waals surface area contributed by atoms with Crippen LogP contribution in [0.4, 0.5) is 0 Å². The van der Waals surface area contributed by atoms with Crippen molar-refractivity contribution in [2.45, 2.75) is 119 Å². The number of fused-ring (bicyclic) bond motifs is 1. The fourth-order valence-electron chi connectivity index (χ4n) is 8.02. The van der Waals surface area contributed by atoms with E-state index in [0.717, 1.165) is 48.7 Å². The third-order valence-electron chi connectivity index (χ3n) is 10.4. The topological polar surface area (TPSA) is 63.2 Å². The van der Waals surface area contributed by atoms with E-state index in [2.05, 4.69) is 39.8 Å². The van der Waals surface area contributed by atoms with Crippen molar-refractivity contribution in [3.05, 3.63) is 23.3 Å². The molecule has 1 aromatic carbocycles. The molecule has 0 aromatic heterocycles. The average molecular weight is 527 g/mol. The van der Waals surface area contributed by atoms with Crippen LogP contribution in [0.2, 0.25) is 5.82 Å². The SMILES string of the molecule is C[C@@H](Sc1ccc([C@H]2C[C@H]2B2O[C@@H]3CC4CC(C4(C)C)[C@]3(C)O2)c2c1C(=O)OC(C)(C)O2)[C@@H]1CCCO1. The van der Waals surface area contributed by atoms with Gasteiger partial charge in [-0.3, -0.25) is 0 Å². The Balaban J connectivity index is 1.15. The van der Waals surface area contributed by atoms with Gasteiger partial charge in [0.15, 0.2) is 0 Å². The molecular formula is C29H39BO6S. The molecule has 0 spiro atoms. The number of cyclic esters (lactones) is 1. The minimum absolute atomic E-state index is 0.188. The number of hydrogen-bond acceptors (Lipinski definition) is 7. The van der Waals surface area contributed by atoms with Crippen molar-refractivity contribution >= 4 is 24.8 Å². The summed E-state index contributed by atoms with van der Waals surface area (Å²) >= 11 is 1.69. The predicted molar refractivity (Wildman–Crippen MR) is 142 cm³/mol. The van der Waals surface area contributed by atoms with Gasteiger partial charge in [-0.1, -0.05) is 26.8 Å². The largest absolute Gasteiger partial charge is 0.461 e. The van der Waals surface area contributed by atoms with Gasteiger partial charge in [0, 0.05) is 36.4 Å². The molecule has 1 aromatic rings. The molecular weight excluding hydrogens is 487 g/mol. The zero-order valence-electron chi connectivity index (χ0n) is 22.9. The van der Waals surface area contributed by atoms with E-state index in [1.54, 1.807) is 25.6 Å². The molecule has 8 heteroatoms. The van der Waals surface area contributed by atoms with Crippen LogP contribution >= 0.6 is 11.8 Å². The number of carbonyl (C=O) groups excluding carboxylic acids is 1. The van der Waals surface area contributed by atoms with Crippen LogP contribution in [0.1, 0.15) is 95.5 Å². The van der Waals surface area contributed by atoms with Gasteiger partial charge in [-0.25, -0.2) is 4.79 Å². The van der Waals surface area contributed by atoms with Gasteiger partial charge in [0.05, 0.1) is 17.8 Å². The van der Waals surface area contributed by atoms with E-state index in [1.807, 2.05) is 0 Å². The summed E-state index contributed by atoms with van der Waals surface area (Å²) in [4.78, 5) is 14.2. The van der Waals surface area contributed by atoms with E-state index in [9.17, 15) is 4.79 Å². The maximum atomic E-state index is 13.3. The molecule has 0 radical (unpaired) electrons. The highest BCUT2D eigenvalue weighted by molar-refractivity contribution is 8.00. The molecule has 2 unspecified atom stereocenters. The van der Waals surface area contributed by atoms with Crippen molar-refractivity contribution in [3.8, 4) is 5.75 Å². The maximum absolute atomic E-state index is 13.3. The first-order chi connectivity index (χ1) is 17.5. The Morgan fingerprint density at radius 2 is 1.89 bits per heavy atom. The predicted octanol–water partition coefficient (Wildman–Crippen LogP) is 6.22. The number of rotatable bonds is 5. The normalized spacial score (nSPS) is 41.2. The molecule has 2 bridgehead atoms. The summed E-state index contributed by atoms with van der Waals surface area (Å²) in [5.41, 5.74) is 1.78. The molecule has 7 aliphatic rings. The summed E-state index contributed by atoms with van der Waals surface area (Å²) in [6.07, 6.45) is 5.89. The average Bonchev–Trinajstić information content (AvgIpc) is 3.23. The highest BCUT2D eigenvalue weighted by Gasteiger charge is 2.70. The number of hydrogen-bond donors (Lipinski definition) is 0. The van der Waals surface area contributed by atoms with Gasteiger partial charge in [0.2, 0.25) is 5.79 Å². The Kier molecular flexibility index (Phi) is 5.46. The van der Waals surface area contributed by atoms with Gasteiger partial charge in [0.1, 0.15) is 11.3 Å². The van der Waals surface area contributed by atoms with E-state index in [-0.39, 0.29) is 47.9 Å². The molecule has 8 atom stereocenters. The monoisotopic (exact) mass is 526 g/mol. The number of carbonyl (C=O) groups is 1. The molecule has 200 valence electrons. The number of esters is 1. The molecule has 37 heavy (non-hydrogen) atoms. The van der Waals surface area contributed by atoms with Gasteiger partial charge in [-0.15, -0.1) is 11.8 Å². The standard InChI is InChI=1S/C29H39BO6S/c1-15(20-8-7-11-32-20)37-21-10-9-17(25-24(21)26(31)34-28(4,5)33-25)18-14-19(18)30-35-23-13-16-12-22(27(16,2)3)29(23,6)36-30/h9-10,15-16,18-20,22-23H,7-8,11-14H2,1-6H3/t15-,16?,18-,19-,20+,22?,23-,29+/m1/s1. The van der Waals surface area contributed by atoms with E-state index in [1.165, 1.54) is 6.42 Å². The quantitative estimate of drug-likeness (QED) is 0.257. The fraction of sp³-hybridized carbons (Fsp3) is 0.759. The third-order valence-corrected chi connectivity index (χ3v) is 11.7. The van der Waals surface area contributed by atoms with Crippen LogP contribution in [0.15, 0.2) is 17.0 Å². The second-order valence-electron chi connectivity index (χ2n) is 13.5. The van der Waals surface area contributed by atoms with Crippen LogP contribution < -0.4 is 4.74 Å². The molecule has 6 nitrogen and oxygen atoms in total. The molecule has 3 aliphatic heterocycles. The van der Waals surface area contributed by atoms with Crippen molar-refractivity contribution in [2.24, 2.45) is 17.3 Å². The van der Waals surface area contributed by atoms with Crippen molar-refractivity contribution < 1.29 is 28.3 Å². The van der Waals surface area contributed by atoms with Crippen LogP contribution in [0.5, 0.6) is 5.75 Å². The lowest BCUT2D eigenvalue weighted by Gasteiger charge is -2.64. The van der Waals surface area contributed by atoms with Crippen LogP contribution in [0.3, 0.4) is 0 Å². The summed E-state index contributed by atoms with van der Waals surface area (Å²) in [6, 6.07) is 4.24. The van der Waals surface area contributed by atoms with Gasteiger partial charge >= 0.3 is 13.1 Å². The molecule has 6 fully saturated rings. The molecule has 4 aliphatic carbocycles. The second kappa shape index (κ2) is 8.15. The zero-order valence-corrected chi connectivity index (χ0v) is 23.7. The summed E-state index contributed by atoms with van der Waals surface area (Å²) in [5, 5.41) is 0.244. The van der Waals surface area contributed by atoms with Crippen molar-refractivity contribution in [1.82, 2.24) is 0 Å². The highest BCUT2D eigenvalue weighted by Crippen LogP contribution is 2.68. The lowest BCUT2D eigenvalue weighted by molar-refractivity contribution is -0.199. The molecule has 0 amide bonds. The zero-order chi connectivity index (χ0) is 25.9. The first-order valence-corrected chi connectivity index (χ1v) is 15.1. The van der Waals surface area contributed by atoms with Crippen LogP contribution in [-0.4, -0.2) is 48.5 Å². The molecule has 3 heterocycles. The van der Waals surface area contributed by atoms with E-state index in [4.69, 9.17) is 23.5 Å².